The number of ketones is 1. The summed E-state index contributed by atoms with van der Waals surface area (Å²) in [5, 5.41) is 0. The van der Waals surface area contributed by atoms with Crippen LogP contribution < -0.4 is 0 Å². The van der Waals surface area contributed by atoms with Crippen molar-refractivity contribution in [1.82, 2.24) is 0 Å². The predicted molar refractivity (Wildman–Crippen MR) is 57.9 cm³/mol. The van der Waals surface area contributed by atoms with E-state index in [2.05, 4.69) is 12.6 Å². The number of carbonyl (C=O) groups excluding carboxylic acids is 1. The summed E-state index contributed by atoms with van der Waals surface area (Å²) in [7, 11) is 0. The van der Waals surface area contributed by atoms with E-state index in [0.29, 0.717) is 6.42 Å². The molecule has 0 aliphatic carbocycles. The van der Waals surface area contributed by atoms with E-state index in [1.54, 1.807) is 0 Å². The first kappa shape index (κ1) is 10.6. The second-order valence-electron chi connectivity index (χ2n) is 2.96. The molecule has 0 fully saturated rings. The Labute approximate surface area is 88.5 Å². The van der Waals surface area contributed by atoms with E-state index in [0.717, 1.165) is 16.0 Å². The molecule has 0 spiro atoms. The fourth-order valence-electron chi connectivity index (χ4n) is 1.11. The van der Waals surface area contributed by atoms with Crippen LogP contribution in [0.5, 0.6) is 0 Å². The molecule has 13 heavy (non-hydrogen) atoms. The Morgan fingerprint density at radius 1 is 1.54 bits per heavy atom. The number of halogens is 1. The summed E-state index contributed by atoms with van der Waals surface area (Å²) in [6.07, 6.45) is 0.406. The second-order valence-corrected chi connectivity index (χ2v) is 3.74. The normalized spacial score (nSPS) is 10.1. The number of rotatable bonds is 3. The molecule has 0 unspecified atom stereocenters. The standard InChI is InChI=1S/C10H11ClOS/c1-7-2-3-10(13)5-8(7)4-9(12)6-11/h2-3,5,13H,4,6H2,1H3. The first-order valence-corrected chi connectivity index (χ1v) is 4.98. The molecule has 0 radical (unpaired) electrons. The Hall–Kier alpha value is -0.470. The van der Waals surface area contributed by atoms with Gasteiger partial charge in [0, 0.05) is 11.3 Å². The number of thiol groups is 1. The van der Waals surface area contributed by atoms with Crippen molar-refractivity contribution in [1.29, 1.82) is 0 Å². The van der Waals surface area contributed by atoms with Gasteiger partial charge in [0.15, 0.2) is 5.78 Å². The topological polar surface area (TPSA) is 17.1 Å². The molecule has 1 nitrogen and oxygen atoms in total. The molecule has 0 saturated carbocycles. The molecule has 0 aliphatic rings. The lowest BCUT2D eigenvalue weighted by Crippen LogP contribution is -2.05. The van der Waals surface area contributed by atoms with Gasteiger partial charge in [-0.3, -0.25) is 4.79 Å². The van der Waals surface area contributed by atoms with E-state index in [-0.39, 0.29) is 11.7 Å². The van der Waals surface area contributed by atoms with Crippen LogP contribution in [0.25, 0.3) is 0 Å². The Kier molecular flexibility index (Phi) is 3.82. The first-order chi connectivity index (χ1) is 6.13. The molecule has 70 valence electrons. The van der Waals surface area contributed by atoms with E-state index in [9.17, 15) is 4.79 Å². The molecule has 1 rings (SSSR count). The molecule has 0 bridgehead atoms. The van der Waals surface area contributed by atoms with Crippen LogP contribution in [0.1, 0.15) is 11.1 Å². The summed E-state index contributed by atoms with van der Waals surface area (Å²) in [5.41, 5.74) is 2.12. The number of Topliss-reactive ketones (excluding diaryl/α,β-unsaturated/α-hetero) is 1. The van der Waals surface area contributed by atoms with Crippen LogP contribution in [-0.4, -0.2) is 11.7 Å². The van der Waals surface area contributed by atoms with Crippen LogP contribution in [0, 0.1) is 6.92 Å². The first-order valence-electron chi connectivity index (χ1n) is 3.99. The van der Waals surface area contributed by atoms with Gasteiger partial charge in [0.2, 0.25) is 0 Å². The van der Waals surface area contributed by atoms with Gasteiger partial charge >= 0.3 is 0 Å². The number of hydrogen-bond acceptors (Lipinski definition) is 2. The Morgan fingerprint density at radius 2 is 2.23 bits per heavy atom. The molecule has 0 amide bonds. The van der Waals surface area contributed by atoms with Crippen molar-refractivity contribution in [3.63, 3.8) is 0 Å². The number of carbonyl (C=O) groups is 1. The highest BCUT2D eigenvalue weighted by atomic mass is 35.5. The van der Waals surface area contributed by atoms with Crippen molar-refractivity contribution in [2.24, 2.45) is 0 Å². The SMILES string of the molecule is Cc1ccc(S)cc1CC(=O)CCl. The lowest BCUT2D eigenvalue weighted by atomic mass is 10.0. The zero-order valence-corrected chi connectivity index (χ0v) is 9.03. The summed E-state index contributed by atoms with van der Waals surface area (Å²) >= 11 is 9.63. The smallest absolute Gasteiger partial charge is 0.151 e. The van der Waals surface area contributed by atoms with Gasteiger partial charge < -0.3 is 0 Å². The van der Waals surface area contributed by atoms with Crippen LogP contribution in [0.2, 0.25) is 0 Å². The van der Waals surface area contributed by atoms with Crippen LogP contribution in [0.15, 0.2) is 23.1 Å². The van der Waals surface area contributed by atoms with Crippen LogP contribution in [-0.2, 0) is 11.2 Å². The summed E-state index contributed by atoms with van der Waals surface area (Å²) in [6.45, 7) is 1.98. The molecular formula is C10H11ClOS. The monoisotopic (exact) mass is 214 g/mol. The van der Waals surface area contributed by atoms with Crippen molar-refractivity contribution >= 4 is 30.0 Å². The van der Waals surface area contributed by atoms with Crippen molar-refractivity contribution < 1.29 is 4.79 Å². The van der Waals surface area contributed by atoms with Gasteiger partial charge in [-0.25, -0.2) is 0 Å². The number of alkyl halides is 1. The third-order valence-corrected chi connectivity index (χ3v) is 2.45. The van der Waals surface area contributed by atoms with Crippen LogP contribution in [0.4, 0.5) is 0 Å². The highest BCUT2D eigenvalue weighted by molar-refractivity contribution is 7.80. The van der Waals surface area contributed by atoms with Crippen molar-refractivity contribution in [3.05, 3.63) is 29.3 Å². The molecule has 0 aromatic heterocycles. The van der Waals surface area contributed by atoms with E-state index in [1.807, 2.05) is 25.1 Å². The second kappa shape index (κ2) is 4.68. The zero-order valence-electron chi connectivity index (χ0n) is 7.38. The van der Waals surface area contributed by atoms with Gasteiger partial charge in [-0.15, -0.1) is 24.2 Å². The van der Waals surface area contributed by atoms with Gasteiger partial charge in [0.25, 0.3) is 0 Å². The van der Waals surface area contributed by atoms with E-state index < -0.39 is 0 Å². The minimum absolute atomic E-state index is 0.0451. The molecule has 1 aromatic carbocycles. The van der Waals surface area contributed by atoms with E-state index in [1.165, 1.54) is 0 Å². The quantitative estimate of drug-likeness (QED) is 0.605. The molecule has 0 N–H and O–H groups in total. The maximum atomic E-state index is 11.1. The lowest BCUT2D eigenvalue weighted by Gasteiger charge is -2.04. The zero-order chi connectivity index (χ0) is 9.84. The maximum absolute atomic E-state index is 11.1. The minimum Gasteiger partial charge on any atom is -0.298 e. The molecule has 0 atom stereocenters. The molecule has 0 saturated heterocycles. The number of hydrogen-bond donors (Lipinski definition) is 1. The van der Waals surface area contributed by atoms with Gasteiger partial charge in [-0.05, 0) is 30.2 Å². The van der Waals surface area contributed by atoms with Crippen molar-refractivity contribution in [2.45, 2.75) is 18.2 Å². The Morgan fingerprint density at radius 3 is 2.85 bits per heavy atom. The van der Waals surface area contributed by atoms with Crippen LogP contribution >= 0.6 is 24.2 Å². The number of aryl methyl sites for hydroxylation is 1. The highest BCUT2D eigenvalue weighted by Crippen LogP contribution is 2.14. The molecule has 0 heterocycles. The van der Waals surface area contributed by atoms with E-state index in [4.69, 9.17) is 11.6 Å². The fourth-order valence-corrected chi connectivity index (χ4v) is 1.43. The summed E-state index contributed by atoms with van der Waals surface area (Å²) in [6, 6.07) is 5.77. The molecular weight excluding hydrogens is 204 g/mol. The maximum Gasteiger partial charge on any atom is 0.151 e. The average molecular weight is 215 g/mol. The van der Waals surface area contributed by atoms with Gasteiger partial charge in [-0.2, -0.15) is 0 Å². The largest absolute Gasteiger partial charge is 0.298 e. The minimum atomic E-state index is 0.0451. The summed E-state index contributed by atoms with van der Waals surface area (Å²) in [4.78, 5) is 12.0. The van der Waals surface area contributed by atoms with Gasteiger partial charge in [0.1, 0.15) is 0 Å². The van der Waals surface area contributed by atoms with Crippen LogP contribution in [0.3, 0.4) is 0 Å². The number of benzene rings is 1. The van der Waals surface area contributed by atoms with E-state index >= 15 is 0 Å². The third-order valence-electron chi connectivity index (χ3n) is 1.87. The summed E-state index contributed by atoms with van der Waals surface area (Å²) < 4.78 is 0. The fraction of sp³-hybridized carbons (Fsp3) is 0.300. The van der Waals surface area contributed by atoms with Gasteiger partial charge in [0.05, 0.1) is 5.88 Å². The lowest BCUT2D eigenvalue weighted by molar-refractivity contribution is -0.116. The molecule has 1 aromatic rings. The van der Waals surface area contributed by atoms with Crippen molar-refractivity contribution in [2.75, 3.05) is 5.88 Å². The van der Waals surface area contributed by atoms with Crippen molar-refractivity contribution in [3.8, 4) is 0 Å². The molecule has 3 heteroatoms. The Bertz CT molecular complexity index is 323. The molecule has 0 aliphatic heterocycles. The average Bonchev–Trinajstić information content (AvgIpc) is 2.11. The highest BCUT2D eigenvalue weighted by Gasteiger charge is 2.04. The summed E-state index contributed by atoms with van der Waals surface area (Å²) in [5.74, 6) is 0.125. The third kappa shape index (κ3) is 3.05. The van der Waals surface area contributed by atoms with Gasteiger partial charge in [-0.1, -0.05) is 6.07 Å². The Balaban J connectivity index is 2.87. The predicted octanol–water partition coefficient (Wildman–Crippen LogP) is 2.63.